The fraction of sp³-hybridized carbons (Fsp3) is 0.333. The molecular weight excluding hydrogens is 274 g/mol. The maximum atomic E-state index is 12.7. The van der Waals surface area contributed by atoms with Crippen molar-refractivity contribution in [2.24, 2.45) is 0 Å². The highest BCUT2D eigenvalue weighted by Gasteiger charge is 2.23. The minimum Gasteiger partial charge on any atom is -0.382 e. The third-order valence-corrected chi connectivity index (χ3v) is 3.79. The van der Waals surface area contributed by atoms with Crippen LogP contribution in [-0.2, 0) is 6.42 Å². The molecule has 3 rings (SSSR count). The van der Waals surface area contributed by atoms with Crippen molar-refractivity contribution < 1.29 is 4.79 Å². The van der Waals surface area contributed by atoms with Gasteiger partial charge in [0.05, 0.1) is 11.9 Å². The van der Waals surface area contributed by atoms with Gasteiger partial charge < -0.3 is 10.2 Å². The summed E-state index contributed by atoms with van der Waals surface area (Å²) >= 11 is 0. The number of amides is 1. The highest BCUT2D eigenvalue weighted by Crippen LogP contribution is 2.27. The molecule has 0 unspecified atom stereocenters. The molecule has 0 saturated carbocycles. The van der Waals surface area contributed by atoms with Gasteiger partial charge in [0.1, 0.15) is 5.69 Å². The van der Waals surface area contributed by atoms with Gasteiger partial charge in [0, 0.05) is 18.3 Å². The molecule has 0 saturated heterocycles. The van der Waals surface area contributed by atoms with E-state index in [0.717, 1.165) is 30.8 Å². The number of para-hydroxylation sites is 1. The first-order valence-electron chi connectivity index (χ1n) is 7.77. The highest BCUT2D eigenvalue weighted by atomic mass is 16.2. The Kier molecular flexibility index (Phi) is 4.09. The normalized spacial score (nSPS) is 13.9. The lowest BCUT2D eigenvalue weighted by atomic mass is 10.0. The van der Waals surface area contributed by atoms with E-state index in [1.54, 1.807) is 12.3 Å². The number of rotatable bonds is 3. The number of nitrogens with one attached hydrogen (secondary N) is 1. The summed E-state index contributed by atoms with van der Waals surface area (Å²) in [5, 5.41) is 3.28. The number of hydrogen-bond donors (Lipinski definition) is 1. The third-order valence-electron chi connectivity index (χ3n) is 3.79. The standard InChI is InChI=1S/C18H21N3O/c1-13(2)20-15-9-10-16(19-12-15)18(22)21-11-5-7-14-6-3-4-8-17(14)21/h3-4,6,8-10,12-13,20H,5,7,11H2,1-2H3. The number of anilines is 2. The monoisotopic (exact) mass is 295 g/mol. The molecule has 0 bridgehead atoms. The molecule has 114 valence electrons. The second kappa shape index (κ2) is 6.18. The van der Waals surface area contributed by atoms with Crippen LogP contribution in [-0.4, -0.2) is 23.5 Å². The molecule has 4 nitrogen and oxygen atoms in total. The zero-order valence-electron chi connectivity index (χ0n) is 13.0. The van der Waals surface area contributed by atoms with E-state index in [1.165, 1.54) is 5.56 Å². The molecule has 1 N–H and O–H groups in total. The molecule has 0 radical (unpaired) electrons. The van der Waals surface area contributed by atoms with Crippen LogP contribution in [0.25, 0.3) is 0 Å². The molecule has 4 heteroatoms. The summed E-state index contributed by atoms with van der Waals surface area (Å²) in [5.41, 5.74) is 3.68. The van der Waals surface area contributed by atoms with Crippen molar-refractivity contribution in [1.82, 2.24) is 4.98 Å². The molecule has 1 aliphatic heterocycles. The van der Waals surface area contributed by atoms with E-state index in [2.05, 4.69) is 30.2 Å². The predicted molar refractivity (Wildman–Crippen MR) is 89.4 cm³/mol. The summed E-state index contributed by atoms with van der Waals surface area (Å²) in [7, 11) is 0. The molecule has 0 spiro atoms. The first-order valence-corrected chi connectivity index (χ1v) is 7.77. The Morgan fingerprint density at radius 2 is 2.05 bits per heavy atom. The zero-order valence-corrected chi connectivity index (χ0v) is 13.0. The maximum absolute atomic E-state index is 12.7. The van der Waals surface area contributed by atoms with Gasteiger partial charge in [-0.1, -0.05) is 18.2 Å². The molecule has 22 heavy (non-hydrogen) atoms. The van der Waals surface area contributed by atoms with Crippen molar-refractivity contribution in [3.05, 3.63) is 53.9 Å². The van der Waals surface area contributed by atoms with E-state index in [4.69, 9.17) is 0 Å². The molecule has 1 aliphatic rings. The summed E-state index contributed by atoms with van der Waals surface area (Å²) in [6, 6.07) is 12.2. The summed E-state index contributed by atoms with van der Waals surface area (Å²) in [5.74, 6) is -0.0248. The lowest BCUT2D eigenvalue weighted by Gasteiger charge is -2.29. The average Bonchev–Trinajstić information content (AvgIpc) is 2.54. The topological polar surface area (TPSA) is 45.2 Å². The van der Waals surface area contributed by atoms with Crippen molar-refractivity contribution >= 4 is 17.3 Å². The van der Waals surface area contributed by atoms with Gasteiger partial charge in [-0.2, -0.15) is 0 Å². The van der Waals surface area contributed by atoms with Crippen molar-refractivity contribution in [1.29, 1.82) is 0 Å². The molecule has 1 aromatic heterocycles. The number of benzene rings is 1. The summed E-state index contributed by atoms with van der Waals surface area (Å²) in [6.07, 6.45) is 3.75. The van der Waals surface area contributed by atoms with Crippen LogP contribution in [0.1, 0.15) is 36.3 Å². The maximum Gasteiger partial charge on any atom is 0.276 e. The largest absolute Gasteiger partial charge is 0.382 e. The van der Waals surface area contributed by atoms with E-state index < -0.39 is 0 Å². The number of carbonyl (C=O) groups excluding carboxylic acids is 1. The number of pyridine rings is 1. The Hall–Kier alpha value is -2.36. The third kappa shape index (κ3) is 2.96. The predicted octanol–water partition coefficient (Wildman–Crippen LogP) is 3.49. The fourth-order valence-electron chi connectivity index (χ4n) is 2.82. The second-order valence-corrected chi connectivity index (χ2v) is 5.92. The van der Waals surface area contributed by atoms with Crippen molar-refractivity contribution in [2.75, 3.05) is 16.8 Å². The van der Waals surface area contributed by atoms with E-state index in [-0.39, 0.29) is 5.91 Å². The van der Waals surface area contributed by atoms with Gasteiger partial charge in [-0.15, -0.1) is 0 Å². The van der Waals surface area contributed by atoms with Gasteiger partial charge in [0.15, 0.2) is 0 Å². The Labute approximate surface area is 131 Å². The van der Waals surface area contributed by atoms with Gasteiger partial charge in [-0.05, 0) is 50.5 Å². The van der Waals surface area contributed by atoms with Crippen LogP contribution in [0, 0.1) is 0 Å². The van der Waals surface area contributed by atoms with Crippen LogP contribution < -0.4 is 10.2 Å². The first kappa shape index (κ1) is 14.6. The molecule has 0 aliphatic carbocycles. The molecule has 0 fully saturated rings. The van der Waals surface area contributed by atoms with Gasteiger partial charge >= 0.3 is 0 Å². The molecule has 2 aromatic rings. The number of hydrogen-bond acceptors (Lipinski definition) is 3. The van der Waals surface area contributed by atoms with Crippen LogP contribution in [0.15, 0.2) is 42.6 Å². The summed E-state index contributed by atoms with van der Waals surface area (Å²) < 4.78 is 0. The second-order valence-electron chi connectivity index (χ2n) is 5.92. The van der Waals surface area contributed by atoms with Crippen LogP contribution >= 0.6 is 0 Å². The number of carbonyl (C=O) groups is 1. The Morgan fingerprint density at radius 1 is 1.23 bits per heavy atom. The van der Waals surface area contributed by atoms with E-state index in [9.17, 15) is 4.79 Å². The first-order chi connectivity index (χ1) is 10.6. The van der Waals surface area contributed by atoms with Gasteiger partial charge in [-0.25, -0.2) is 4.98 Å². The molecule has 1 aromatic carbocycles. The van der Waals surface area contributed by atoms with Crippen LogP contribution in [0.4, 0.5) is 11.4 Å². The fourth-order valence-corrected chi connectivity index (χ4v) is 2.82. The van der Waals surface area contributed by atoms with Crippen LogP contribution in [0.5, 0.6) is 0 Å². The quantitative estimate of drug-likeness (QED) is 0.942. The molecule has 1 amide bonds. The molecule has 0 atom stereocenters. The van der Waals surface area contributed by atoms with Crippen molar-refractivity contribution in [2.45, 2.75) is 32.7 Å². The van der Waals surface area contributed by atoms with E-state index in [1.807, 2.05) is 29.2 Å². The van der Waals surface area contributed by atoms with Gasteiger partial charge in [0.25, 0.3) is 5.91 Å². The SMILES string of the molecule is CC(C)Nc1ccc(C(=O)N2CCCc3ccccc32)nc1. The zero-order chi connectivity index (χ0) is 15.5. The van der Waals surface area contributed by atoms with E-state index >= 15 is 0 Å². The Balaban J connectivity index is 1.83. The smallest absolute Gasteiger partial charge is 0.276 e. The Bertz CT molecular complexity index is 664. The number of nitrogens with zero attached hydrogens (tertiary/aromatic N) is 2. The summed E-state index contributed by atoms with van der Waals surface area (Å²) in [4.78, 5) is 18.9. The lowest BCUT2D eigenvalue weighted by Crippen LogP contribution is -2.35. The van der Waals surface area contributed by atoms with Crippen molar-refractivity contribution in [3.8, 4) is 0 Å². The van der Waals surface area contributed by atoms with Gasteiger partial charge in [-0.3, -0.25) is 4.79 Å². The van der Waals surface area contributed by atoms with E-state index in [0.29, 0.717) is 11.7 Å². The minimum absolute atomic E-state index is 0.0248. The van der Waals surface area contributed by atoms with Crippen LogP contribution in [0.2, 0.25) is 0 Å². The van der Waals surface area contributed by atoms with Crippen LogP contribution in [0.3, 0.4) is 0 Å². The Morgan fingerprint density at radius 3 is 2.77 bits per heavy atom. The molecular formula is C18H21N3O. The number of aryl methyl sites for hydroxylation is 1. The summed E-state index contributed by atoms with van der Waals surface area (Å²) in [6.45, 7) is 4.90. The average molecular weight is 295 g/mol. The number of aromatic nitrogens is 1. The number of fused-ring (bicyclic) bond motifs is 1. The van der Waals surface area contributed by atoms with Crippen molar-refractivity contribution in [3.63, 3.8) is 0 Å². The minimum atomic E-state index is -0.0248. The molecule has 2 heterocycles. The van der Waals surface area contributed by atoms with Gasteiger partial charge in [0.2, 0.25) is 0 Å². The highest BCUT2D eigenvalue weighted by molar-refractivity contribution is 6.05. The lowest BCUT2D eigenvalue weighted by molar-refractivity contribution is 0.0980.